The number of nitrogens with one attached hydrogen (secondary N) is 1. The minimum Gasteiger partial charge on any atom is -0.497 e. The number of nitriles is 1. The molecule has 0 saturated heterocycles. The summed E-state index contributed by atoms with van der Waals surface area (Å²) in [6.07, 6.45) is 0.489. The summed E-state index contributed by atoms with van der Waals surface area (Å²) in [5.74, 6) is -0.575. The third-order valence-electron chi connectivity index (χ3n) is 6.16. The predicted octanol–water partition coefficient (Wildman–Crippen LogP) is 6.81. The van der Waals surface area contributed by atoms with Crippen LogP contribution in [0.15, 0.2) is 83.9 Å². The van der Waals surface area contributed by atoms with E-state index in [1.54, 1.807) is 19.2 Å². The van der Waals surface area contributed by atoms with E-state index in [1.165, 1.54) is 23.9 Å². The van der Waals surface area contributed by atoms with Crippen LogP contribution < -0.4 is 10.1 Å². The number of hydrogen-bond acceptors (Lipinski definition) is 6. The third-order valence-corrected chi connectivity index (χ3v) is 7.51. The van der Waals surface area contributed by atoms with Crippen LogP contribution in [-0.4, -0.2) is 34.3 Å². The smallest absolute Gasteiger partial charge is 0.335 e. The molecule has 3 aromatic carbocycles. The molecule has 4 rings (SSSR count). The Hall–Kier alpha value is -4.61. The summed E-state index contributed by atoms with van der Waals surface area (Å²) in [5, 5.41) is 22.1. The molecule has 0 aliphatic heterocycles. The minimum atomic E-state index is -1.04. The summed E-state index contributed by atoms with van der Waals surface area (Å²) in [7, 11) is 1.61. The van der Waals surface area contributed by atoms with Crippen LogP contribution >= 0.6 is 11.8 Å². The molecule has 1 atom stereocenters. The lowest BCUT2D eigenvalue weighted by Crippen LogP contribution is -2.25. The van der Waals surface area contributed by atoms with E-state index >= 15 is 0 Å². The molecular formula is C31H27N3O4S. The Morgan fingerprint density at radius 3 is 2.23 bits per heavy atom. The second-order valence-electron chi connectivity index (χ2n) is 8.83. The van der Waals surface area contributed by atoms with Crippen molar-refractivity contribution in [2.24, 2.45) is 0 Å². The molecule has 39 heavy (non-hydrogen) atoms. The number of carboxylic acid groups (broad SMARTS) is 1. The summed E-state index contributed by atoms with van der Waals surface area (Å²) < 4.78 is 5.29. The lowest BCUT2D eigenvalue weighted by atomic mass is 9.98. The Labute approximate surface area is 231 Å². The molecular weight excluding hydrogens is 510 g/mol. The largest absolute Gasteiger partial charge is 0.497 e. The van der Waals surface area contributed by atoms with Crippen molar-refractivity contribution < 1.29 is 19.4 Å². The summed E-state index contributed by atoms with van der Waals surface area (Å²) in [6.45, 7) is 3.90. The van der Waals surface area contributed by atoms with Gasteiger partial charge < -0.3 is 15.2 Å². The van der Waals surface area contributed by atoms with Crippen LogP contribution in [0, 0.1) is 18.3 Å². The lowest BCUT2D eigenvalue weighted by Gasteiger charge is -2.18. The highest BCUT2D eigenvalue weighted by Gasteiger charge is 2.24. The van der Waals surface area contributed by atoms with Gasteiger partial charge in [0.1, 0.15) is 16.8 Å². The summed E-state index contributed by atoms with van der Waals surface area (Å²) in [5.41, 5.74) is 5.28. The van der Waals surface area contributed by atoms with Crippen molar-refractivity contribution in [3.63, 3.8) is 0 Å². The zero-order valence-corrected chi connectivity index (χ0v) is 22.6. The van der Waals surface area contributed by atoms with Crippen molar-refractivity contribution in [1.29, 1.82) is 5.26 Å². The van der Waals surface area contributed by atoms with Crippen LogP contribution in [0.25, 0.3) is 22.4 Å². The highest BCUT2D eigenvalue weighted by Crippen LogP contribution is 2.37. The normalized spacial score (nSPS) is 11.3. The van der Waals surface area contributed by atoms with E-state index in [9.17, 15) is 14.9 Å². The van der Waals surface area contributed by atoms with E-state index in [-0.39, 0.29) is 11.5 Å². The Balaban J connectivity index is 1.72. The van der Waals surface area contributed by atoms with E-state index in [4.69, 9.17) is 14.8 Å². The van der Waals surface area contributed by atoms with Crippen LogP contribution in [0.4, 0.5) is 5.69 Å². The predicted molar refractivity (Wildman–Crippen MR) is 153 cm³/mol. The molecule has 4 aromatic rings. The van der Waals surface area contributed by atoms with Gasteiger partial charge in [0, 0.05) is 16.8 Å². The zero-order chi connectivity index (χ0) is 27.9. The van der Waals surface area contributed by atoms with Gasteiger partial charge in [-0.05, 0) is 73.5 Å². The fraction of sp³-hybridized carbons (Fsp3) is 0.161. The molecule has 0 radical (unpaired) electrons. The first kappa shape index (κ1) is 27.4. The van der Waals surface area contributed by atoms with Crippen LogP contribution in [-0.2, 0) is 4.79 Å². The fourth-order valence-electron chi connectivity index (χ4n) is 3.96. The Kier molecular flexibility index (Phi) is 8.64. The average molecular weight is 538 g/mol. The first-order chi connectivity index (χ1) is 18.8. The summed E-state index contributed by atoms with van der Waals surface area (Å²) >= 11 is 1.24. The second kappa shape index (κ2) is 12.3. The number of benzene rings is 3. The molecule has 0 saturated carbocycles. The van der Waals surface area contributed by atoms with E-state index in [0.29, 0.717) is 28.4 Å². The molecule has 1 amide bonds. The number of nitrogens with zero attached hydrogens (tertiary/aromatic N) is 2. The van der Waals surface area contributed by atoms with Crippen molar-refractivity contribution in [1.82, 2.24) is 4.98 Å². The highest BCUT2D eigenvalue weighted by molar-refractivity contribution is 8.00. The van der Waals surface area contributed by atoms with E-state index in [2.05, 4.69) is 11.4 Å². The van der Waals surface area contributed by atoms with Gasteiger partial charge in [0.2, 0.25) is 5.91 Å². The number of aryl methyl sites for hydroxylation is 1. The summed E-state index contributed by atoms with van der Waals surface area (Å²) in [6, 6.07) is 25.7. The topological polar surface area (TPSA) is 112 Å². The molecule has 2 N–H and O–H groups in total. The van der Waals surface area contributed by atoms with Crippen LogP contribution in [0.1, 0.15) is 34.8 Å². The molecule has 7 nitrogen and oxygen atoms in total. The number of anilines is 1. The van der Waals surface area contributed by atoms with Gasteiger partial charge in [-0.25, -0.2) is 9.78 Å². The summed E-state index contributed by atoms with van der Waals surface area (Å²) in [4.78, 5) is 29.2. The van der Waals surface area contributed by atoms with E-state index < -0.39 is 11.2 Å². The van der Waals surface area contributed by atoms with Gasteiger partial charge in [-0.3, -0.25) is 4.79 Å². The number of thioether (sulfide) groups is 1. The molecule has 196 valence electrons. The second-order valence-corrected chi connectivity index (χ2v) is 10.0. The molecule has 0 spiro atoms. The quantitative estimate of drug-likeness (QED) is 0.226. The van der Waals surface area contributed by atoms with Gasteiger partial charge in [-0.15, -0.1) is 0 Å². The van der Waals surface area contributed by atoms with E-state index in [0.717, 1.165) is 28.0 Å². The number of ether oxygens (including phenoxy) is 1. The number of aromatic nitrogens is 1. The van der Waals surface area contributed by atoms with Gasteiger partial charge in [0.05, 0.1) is 29.2 Å². The first-order valence-electron chi connectivity index (χ1n) is 12.3. The maximum atomic E-state index is 13.2. The molecule has 8 heteroatoms. The minimum absolute atomic E-state index is 0.135. The van der Waals surface area contributed by atoms with Gasteiger partial charge >= 0.3 is 5.97 Å². The maximum absolute atomic E-state index is 13.2. The van der Waals surface area contributed by atoms with Crippen molar-refractivity contribution in [3.8, 4) is 34.2 Å². The molecule has 1 aromatic heterocycles. The lowest BCUT2D eigenvalue weighted by molar-refractivity contribution is -0.115. The molecule has 0 aliphatic carbocycles. The number of carbonyl (C=O) groups excluding carboxylic acids is 1. The number of pyridine rings is 1. The van der Waals surface area contributed by atoms with Gasteiger partial charge in [-0.1, -0.05) is 48.5 Å². The van der Waals surface area contributed by atoms with Crippen LogP contribution in [0.3, 0.4) is 0 Å². The van der Waals surface area contributed by atoms with Crippen LogP contribution in [0.2, 0.25) is 0 Å². The average Bonchev–Trinajstić information content (AvgIpc) is 2.96. The molecule has 1 heterocycles. The highest BCUT2D eigenvalue weighted by atomic mass is 32.2. The SMILES string of the molecule is CCC(Sc1nc(-c2ccc(OC)cc2)cc(-c2ccc(C)cc2)c1C#N)C(=O)Nc1ccc(C(=O)O)cc1. The zero-order valence-electron chi connectivity index (χ0n) is 21.8. The van der Waals surface area contributed by atoms with Gasteiger partial charge in [-0.2, -0.15) is 5.26 Å². The van der Waals surface area contributed by atoms with Crippen molar-refractivity contribution >= 4 is 29.3 Å². The first-order valence-corrected chi connectivity index (χ1v) is 13.2. The van der Waals surface area contributed by atoms with Crippen molar-refractivity contribution in [2.45, 2.75) is 30.5 Å². The molecule has 0 bridgehead atoms. The van der Waals surface area contributed by atoms with E-state index in [1.807, 2.05) is 68.4 Å². The standard InChI is InChI=1S/C31H27N3O4S/c1-4-28(29(35)33-23-13-9-22(10-14-23)31(36)37)39-30-26(18-32)25(20-7-5-19(2)6-8-20)17-27(34-30)21-11-15-24(38-3)16-12-21/h5-17,28H,4H2,1-3H3,(H,33,35)(H,36,37). The van der Waals surface area contributed by atoms with Gasteiger partial charge in [0.25, 0.3) is 0 Å². The molecule has 0 fully saturated rings. The Bertz CT molecular complexity index is 1530. The number of hydrogen-bond donors (Lipinski definition) is 2. The molecule has 0 aliphatic rings. The Morgan fingerprint density at radius 1 is 1.03 bits per heavy atom. The Morgan fingerprint density at radius 2 is 1.67 bits per heavy atom. The number of carboxylic acids is 1. The number of aromatic carboxylic acids is 1. The van der Waals surface area contributed by atoms with Crippen molar-refractivity contribution in [3.05, 3.63) is 95.6 Å². The fourth-order valence-corrected chi connectivity index (χ4v) is 4.99. The van der Waals surface area contributed by atoms with Gasteiger partial charge in [0.15, 0.2) is 0 Å². The monoisotopic (exact) mass is 537 g/mol. The maximum Gasteiger partial charge on any atom is 0.335 e. The molecule has 1 unspecified atom stereocenters. The number of rotatable bonds is 9. The number of methoxy groups -OCH3 is 1. The third kappa shape index (κ3) is 6.46. The van der Waals surface area contributed by atoms with Crippen LogP contribution in [0.5, 0.6) is 5.75 Å². The number of amides is 1. The van der Waals surface area contributed by atoms with Crippen molar-refractivity contribution in [2.75, 3.05) is 12.4 Å². The number of carbonyl (C=O) groups is 2.